The van der Waals surface area contributed by atoms with Gasteiger partial charge in [0, 0.05) is 0 Å². The molecule has 0 aliphatic carbocycles. The predicted molar refractivity (Wildman–Crippen MR) is 110 cm³/mol. The van der Waals surface area contributed by atoms with Gasteiger partial charge in [0.2, 0.25) is 5.95 Å². The highest BCUT2D eigenvalue weighted by atomic mass is 35.5. The number of nitrogens with two attached hydrogens (primary N) is 1. The third-order valence-electron chi connectivity index (χ3n) is 4.02. The number of anilines is 2. The Morgan fingerprint density at radius 1 is 1.11 bits per heavy atom. The Labute approximate surface area is 163 Å². The van der Waals surface area contributed by atoms with Crippen LogP contribution in [-0.2, 0) is 0 Å². The van der Waals surface area contributed by atoms with Crippen molar-refractivity contribution in [1.29, 1.82) is 0 Å². The van der Waals surface area contributed by atoms with Crippen LogP contribution in [0, 0.1) is 0 Å². The van der Waals surface area contributed by atoms with Gasteiger partial charge in [0.1, 0.15) is 10.4 Å². The zero-order valence-electron chi connectivity index (χ0n) is 14.3. The van der Waals surface area contributed by atoms with Gasteiger partial charge in [0.15, 0.2) is 5.65 Å². The Bertz CT molecular complexity index is 1190. The Kier molecular flexibility index (Phi) is 4.51. The second-order valence-corrected chi connectivity index (χ2v) is 6.87. The molecule has 0 aliphatic rings. The van der Waals surface area contributed by atoms with E-state index in [4.69, 9.17) is 17.4 Å². The lowest BCUT2D eigenvalue weighted by Gasteiger charge is -2.11. The maximum absolute atomic E-state index is 12.9. The molecule has 0 saturated carbocycles. The summed E-state index contributed by atoms with van der Waals surface area (Å²) in [5, 5.41) is 9.00. The zero-order chi connectivity index (χ0) is 19.0. The summed E-state index contributed by atoms with van der Waals surface area (Å²) in [6.07, 6.45) is 1.85. The van der Waals surface area contributed by atoms with Crippen molar-refractivity contribution in [3.05, 3.63) is 70.0 Å². The van der Waals surface area contributed by atoms with Crippen molar-refractivity contribution >= 4 is 46.0 Å². The van der Waals surface area contributed by atoms with E-state index in [0.717, 1.165) is 10.4 Å². The van der Waals surface area contributed by atoms with Crippen LogP contribution in [0.5, 0.6) is 0 Å². The molecular formula is C18H15ClN6OS. The average Bonchev–Trinajstić information content (AvgIpc) is 3.07. The molecule has 0 saturated heterocycles. The average molecular weight is 399 g/mol. The summed E-state index contributed by atoms with van der Waals surface area (Å²) < 4.78 is 2.61. The van der Waals surface area contributed by atoms with Crippen molar-refractivity contribution in [2.24, 2.45) is 0 Å². The van der Waals surface area contributed by atoms with Crippen LogP contribution >= 0.6 is 23.4 Å². The van der Waals surface area contributed by atoms with Crippen LogP contribution in [-0.4, -0.2) is 25.7 Å². The predicted octanol–water partition coefficient (Wildman–Crippen LogP) is 3.41. The topological polar surface area (TPSA) is 90.8 Å². The summed E-state index contributed by atoms with van der Waals surface area (Å²) >= 11 is 7.57. The maximum atomic E-state index is 12.9. The number of nitrogen functional groups attached to an aromatic ring is 1. The molecule has 136 valence electrons. The van der Waals surface area contributed by atoms with Crippen molar-refractivity contribution in [2.75, 3.05) is 17.4 Å². The fourth-order valence-electron chi connectivity index (χ4n) is 2.71. The standard InChI is InChI=1S/C18H15ClN6OS/c1-27-16-14-15(25(23-16)11-7-3-2-4-8-11)22-18(24(20)17(14)26)21-13-10-6-5-9-12(13)19/h2-10H,20H2,1H3,(H,21,22). The van der Waals surface area contributed by atoms with Gasteiger partial charge in [0.05, 0.1) is 16.4 Å². The molecular weight excluding hydrogens is 384 g/mol. The summed E-state index contributed by atoms with van der Waals surface area (Å²) in [6.45, 7) is 0. The molecule has 7 nitrogen and oxygen atoms in total. The number of thioether (sulfide) groups is 1. The van der Waals surface area contributed by atoms with E-state index in [-0.39, 0.29) is 11.5 Å². The van der Waals surface area contributed by atoms with Gasteiger partial charge in [-0.15, -0.1) is 11.8 Å². The fraction of sp³-hybridized carbons (Fsp3) is 0.0556. The lowest BCUT2D eigenvalue weighted by Crippen LogP contribution is -2.30. The van der Waals surface area contributed by atoms with E-state index in [1.807, 2.05) is 48.7 Å². The number of fused-ring (bicyclic) bond motifs is 1. The highest BCUT2D eigenvalue weighted by molar-refractivity contribution is 7.98. The molecule has 2 heterocycles. The van der Waals surface area contributed by atoms with E-state index in [1.165, 1.54) is 11.8 Å². The second kappa shape index (κ2) is 6.98. The molecule has 0 unspecified atom stereocenters. The van der Waals surface area contributed by atoms with Crippen molar-refractivity contribution in [3.63, 3.8) is 0 Å². The molecule has 0 spiro atoms. The van der Waals surface area contributed by atoms with Gasteiger partial charge in [-0.25, -0.2) is 4.68 Å². The van der Waals surface area contributed by atoms with Crippen LogP contribution < -0.4 is 16.7 Å². The molecule has 9 heteroatoms. The monoisotopic (exact) mass is 398 g/mol. The van der Waals surface area contributed by atoms with Crippen LogP contribution in [0.1, 0.15) is 0 Å². The third kappa shape index (κ3) is 3.02. The van der Waals surface area contributed by atoms with Gasteiger partial charge in [-0.2, -0.15) is 14.8 Å². The second-order valence-electron chi connectivity index (χ2n) is 5.67. The largest absolute Gasteiger partial charge is 0.333 e. The number of nitrogens with zero attached hydrogens (tertiary/aromatic N) is 4. The van der Waals surface area contributed by atoms with Gasteiger partial charge >= 0.3 is 0 Å². The summed E-state index contributed by atoms with van der Waals surface area (Å²) in [5.74, 6) is 6.18. The van der Waals surface area contributed by atoms with Crippen LogP contribution in [0.25, 0.3) is 16.7 Å². The molecule has 2 aromatic carbocycles. The van der Waals surface area contributed by atoms with E-state index in [2.05, 4.69) is 15.4 Å². The quantitative estimate of drug-likeness (QED) is 0.404. The highest BCUT2D eigenvalue weighted by Gasteiger charge is 2.20. The molecule has 0 atom stereocenters. The van der Waals surface area contributed by atoms with Crippen molar-refractivity contribution in [2.45, 2.75) is 5.03 Å². The lowest BCUT2D eigenvalue weighted by atomic mass is 10.3. The van der Waals surface area contributed by atoms with Crippen LogP contribution in [0.2, 0.25) is 5.02 Å². The number of halogens is 1. The van der Waals surface area contributed by atoms with Gasteiger partial charge < -0.3 is 11.2 Å². The summed E-state index contributed by atoms with van der Waals surface area (Å²) in [5.41, 5.74) is 1.43. The van der Waals surface area contributed by atoms with E-state index < -0.39 is 0 Å². The molecule has 2 aromatic heterocycles. The normalized spacial score (nSPS) is 11.0. The first kappa shape index (κ1) is 17.4. The van der Waals surface area contributed by atoms with E-state index >= 15 is 0 Å². The molecule has 0 amide bonds. The van der Waals surface area contributed by atoms with Crippen LogP contribution in [0.3, 0.4) is 0 Å². The minimum Gasteiger partial charge on any atom is -0.333 e. The summed E-state index contributed by atoms with van der Waals surface area (Å²) in [6, 6.07) is 16.7. The third-order valence-corrected chi connectivity index (χ3v) is 5.02. The number of hydrogen-bond donors (Lipinski definition) is 2. The van der Waals surface area contributed by atoms with Gasteiger partial charge in [-0.05, 0) is 30.5 Å². The number of nitrogens with one attached hydrogen (secondary N) is 1. The summed E-state index contributed by atoms with van der Waals surface area (Å²) in [7, 11) is 0. The van der Waals surface area contributed by atoms with E-state index in [0.29, 0.717) is 26.8 Å². The molecule has 3 N–H and O–H groups in total. The Hall–Kier alpha value is -2.97. The highest BCUT2D eigenvalue weighted by Crippen LogP contribution is 2.27. The van der Waals surface area contributed by atoms with Crippen LogP contribution in [0.4, 0.5) is 11.6 Å². The van der Waals surface area contributed by atoms with Gasteiger partial charge in [-0.1, -0.05) is 41.9 Å². The number of benzene rings is 2. The fourth-order valence-corrected chi connectivity index (χ4v) is 3.44. The minimum absolute atomic E-state index is 0.172. The molecule has 27 heavy (non-hydrogen) atoms. The molecule has 0 aliphatic heterocycles. The molecule has 4 aromatic rings. The maximum Gasteiger partial charge on any atom is 0.285 e. The lowest BCUT2D eigenvalue weighted by molar-refractivity contribution is 0.849. The van der Waals surface area contributed by atoms with Crippen molar-refractivity contribution < 1.29 is 0 Å². The van der Waals surface area contributed by atoms with E-state index in [1.54, 1.807) is 16.8 Å². The Balaban J connectivity index is 1.96. The molecule has 0 bridgehead atoms. The first-order valence-corrected chi connectivity index (χ1v) is 9.62. The number of rotatable bonds is 4. The minimum atomic E-state index is -0.388. The number of hydrogen-bond acceptors (Lipinski definition) is 6. The van der Waals surface area contributed by atoms with Crippen molar-refractivity contribution in [3.8, 4) is 5.69 Å². The van der Waals surface area contributed by atoms with Crippen molar-refractivity contribution in [1.82, 2.24) is 19.4 Å². The first-order valence-electron chi connectivity index (χ1n) is 8.02. The molecule has 4 rings (SSSR count). The number of para-hydroxylation sites is 2. The van der Waals surface area contributed by atoms with E-state index in [9.17, 15) is 4.79 Å². The van der Waals surface area contributed by atoms with Gasteiger partial charge in [0.25, 0.3) is 5.56 Å². The first-order chi connectivity index (χ1) is 13.1. The summed E-state index contributed by atoms with van der Waals surface area (Å²) in [4.78, 5) is 17.5. The van der Waals surface area contributed by atoms with Gasteiger partial charge in [-0.3, -0.25) is 4.79 Å². The molecule has 0 fully saturated rings. The Morgan fingerprint density at radius 2 is 1.81 bits per heavy atom. The number of aromatic nitrogens is 4. The Morgan fingerprint density at radius 3 is 2.52 bits per heavy atom. The smallest absolute Gasteiger partial charge is 0.285 e. The van der Waals surface area contributed by atoms with Crippen LogP contribution in [0.15, 0.2) is 64.4 Å². The zero-order valence-corrected chi connectivity index (χ0v) is 15.8. The SMILES string of the molecule is CSc1nn(-c2ccccc2)c2nc(Nc3ccccc3Cl)n(N)c(=O)c12. The molecule has 0 radical (unpaired) electrons.